The fourth-order valence-corrected chi connectivity index (χ4v) is 8.17. The number of nitrogens with zero attached hydrogens (tertiary/aromatic N) is 2. The lowest BCUT2D eigenvalue weighted by Gasteiger charge is -2.43. The third-order valence-electron chi connectivity index (χ3n) is 8.75. The van der Waals surface area contributed by atoms with E-state index in [1.165, 1.54) is 4.57 Å². The Bertz CT molecular complexity index is 1230. The van der Waals surface area contributed by atoms with Crippen molar-refractivity contribution in [2.45, 2.75) is 135 Å². The van der Waals surface area contributed by atoms with Gasteiger partial charge in [0, 0.05) is 30.8 Å². The van der Waals surface area contributed by atoms with Crippen molar-refractivity contribution >= 4 is 16.8 Å². The molecule has 5 heterocycles. The number of rotatable bonds is 7. The van der Waals surface area contributed by atoms with Crippen LogP contribution >= 0.6 is 8.53 Å². The number of hydrogen-bond acceptors (Lipinski definition) is 10. The quantitative estimate of drug-likeness (QED) is 0.358. The molecule has 5 rings (SSSR count). The molecule has 0 amide bonds. The lowest BCUT2D eigenvalue weighted by molar-refractivity contribution is -0.217. The first-order valence-electron chi connectivity index (χ1n) is 14.5. The fraction of sp³-hybridized carbons (Fsp3) is 0.852. The summed E-state index contributed by atoms with van der Waals surface area (Å²) in [4.78, 5) is 27.2. The summed E-state index contributed by atoms with van der Waals surface area (Å²) in [7, 11) is -3.61. The van der Waals surface area contributed by atoms with E-state index in [0.717, 1.165) is 0 Å². The molecule has 4 aliphatic rings. The fourth-order valence-electron chi connectivity index (χ4n) is 5.28. The summed E-state index contributed by atoms with van der Waals surface area (Å²) in [5.74, 6) is -0.747. The number of fused-ring (bicyclic) bond motifs is 3. The van der Waals surface area contributed by atoms with Crippen LogP contribution in [0, 0.1) is 6.92 Å². The monoisotopic (exact) mass is 615 g/mol. The molecule has 232 valence electrons. The molecule has 8 atom stereocenters. The van der Waals surface area contributed by atoms with Crippen molar-refractivity contribution in [2.75, 3.05) is 13.2 Å². The molecule has 0 spiro atoms. The topological polar surface area (TPSA) is 123 Å². The molecule has 14 heteroatoms. The van der Waals surface area contributed by atoms with E-state index in [-0.39, 0.29) is 29.4 Å². The van der Waals surface area contributed by atoms with Crippen molar-refractivity contribution < 1.29 is 32.4 Å². The Kier molecular flexibility index (Phi) is 8.57. The molecule has 0 unspecified atom stereocenters. The van der Waals surface area contributed by atoms with Crippen LogP contribution in [-0.4, -0.2) is 84.3 Å². The van der Waals surface area contributed by atoms with Crippen molar-refractivity contribution in [1.82, 2.24) is 14.2 Å². The lowest BCUT2D eigenvalue weighted by atomic mass is 10.1. The van der Waals surface area contributed by atoms with E-state index < -0.39 is 58.6 Å². The number of H-pyrrole nitrogens is 1. The highest BCUT2D eigenvalue weighted by molar-refractivity contribution is 7.44. The molecule has 0 saturated carbocycles. The van der Waals surface area contributed by atoms with Gasteiger partial charge in [0.2, 0.25) is 0 Å². The van der Waals surface area contributed by atoms with Gasteiger partial charge in [0.15, 0.2) is 20.4 Å². The van der Waals surface area contributed by atoms with Crippen LogP contribution in [0.5, 0.6) is 0 Å². The summed E-state index contributed by atoms with van der Waals surface area (Å²) in [5.41, 5.74) is -0.493. The molecule has 1 aromatic heterocycles. The maximum atomic E-state index is 12.7. The second-order valence-corrected chi connectivity index (χ2v) is 19.9. The molecule has 0 bridgehead atoms. The maximum absolute atomic E-state index is 12.7. The van der Waals surface area contributed by atoms with Gasteiger partial charge >= 0.3 is 5.69 Å². The average molecular weight is 616 g/mol. The molecule has 1 aromatic rings. The molecule has 4 fully saturated rings. The Morgan fingerprint density at radius 3 is 2.54 bits per heavy atom. The predicted molar refractivity (Wildman–Crippen MR) is 155 cm³/mol. The van der Waals surface area contributed by atoms with Crippen LogP contribution in [0.15, 0.2) is 15.8 Å². The minimum atomic E-state index is -2.10. The van der Waals surface area contributed by atoms with Gasteiger partial charge in [-0.3, -0.25) is 14.3 Å². The minimum absolute atomic E-state index is 0.0183. The standard InChI is InChI=1S/C27H46N3O9PSi/c1-15(2)30-13-18-21(22-24(35-18)37-27(7,8)36-22)39-40(30)38-17-11-20(29-12-16(3)23(31)28-25(29)32)34-19(17)14-33-41(9,10)26(4,5)6/h12,15,17-22,24H,11,13-14H2,1-10H3,(H,28,31,32)/t17-,18+,19+,20+,21-,22+,24+,40+/m0/s1. The Hall–Kier alpha value is -0.993. The molecular weight excluding hydrogens is 569 g/mol. The van der Waals surface area contributed by atoms with Gasteiger partial charge in [-0.15, -0.1) is 0 Å². The van der Waals surface area contributed by atoms with E-state index in [1.54, 1.807) is 13.1 Å². The Balaban J connectivity index is 1.38. The van der Waals surface area contributed by atoms with Crippen LogP contribution in [0.4, 0.5) is 0 Å². The first-order valence-corrected chi connectivity index (χ1v) is 18.5. The van der Waals surface area contributed by atoms with Crippen molar-refractivity contribution in [2.24, 2.45) is 0 Å². The van der Waals surface area contributed by atoms with E-state index in [4.69, 9.17) is 32.4 Å². The van der Waals surface area contributed by atoms with Crippen molar-refractivity contribution in [1.29, 1.82) is 0 Å². The molecule has 0 radical (unpaired) electrons. The van der Waals surface area contributed by atoms with Crippen molar-refractivity contribution in [3.05, 3.63) is 32.6 Å². The van der Waals surface area contributed by atoms with Crippen LogP contribution < -0.4 is 11.2 Å². The van der Waals surface area contributed by atoms with Crippen LogP contribution in [0.1, 0.15) is 66.7 Å². The molecule has 0 aromatic carbocycles. The largest absolute Gasteiger partial charge is 0.414 e. The van der Waals surface area contributed by atoms with Gasteiger partial charge in [-0.2, -0.15) is 0 Å². The molecule has 1 N–H and O–H groups in total. The highest BCUT2D eigenvalue weighted by atomic mass is 31.2. The Morgan fingerprint density at radius 2 is 1.88 bits per heavy atom. The highest BCUT2D eigenvalue weighted by Crippen LogP contribution is 2.56. The summed E-state index contributed by atoms with van der Waals surface area (Å²) >= 11 is 0. The maximum Gasteiger partial charge on any atom is 0.330 e. The lowest BCUT2D eigenvalue weighted by Crippen LogP contribution is -2.49. The van der Waals surface area contributed by atoms with E-state index in [9.17, 15) is 9.59 Å². The first kappa shape index (κ1) is 31.4. The number of aryl methyl sites for hydroxylation is 1. The van der Waals surface area contributed by atoms with Gasteiger partial charge in [-0.05, 0) is 52.8 Å². The molecule has 0 aliphatic carbocycles. The number of aromatic nitrogens is 2. The number of ether oxygens (including phenoxy) is 4. The number of nitrogens with one attached hydrogen (secondary N) is 1. The SMILES string of the molecule is Cc1cn([C@H]2C[C@H](O[P@]3O[C@@H]4[C@H]5OC(C)(C)O[C@H]5O[C@@H]4CN3C(C)C)[C@@H](CO[Si](C)(C)C(C)(C)C)O2)c(=O)[nH]c1=O. The summed E-state index contributed by atoms with van der Waals surface area (Å²) < 4.78 is 48.4. The molecular formula is C27H46N3O9PSi. The average Bonchev–Trinajstić information content (AvgIpc) is 3.48. The third-order valence-corrected chi connectivity index (χ3v) is 15.2. The molecule has 41 heavy (non-hydrogen) atoms. The molecule has 4 aliphatic heterocycles. The zero-order chi connectivity index (χ0) is 30.1. The summed E-state index contributed by atoms with van der Waals surface area (Å²) in [6.07, 6.45) is -0.882. The van der Waals surface area contributed by atoms with E-state index in [2.05, 4.69) is 57.4 Å². The van der Waals surface area contributed by atoms with E-state index >= 15 is 0 Å². The van der Waals surface area contributed by atoms with E-state index in [0.29, 0.717) is 25.1 Å². The second-order valence-electron chi connectivity index (χ2n) is 13.7. The summed E-state index contributed by atoms with van der Waals surface area (Å²) in [6, 6.07) is 0.133. The van der Waals surface area contributed by atoms with Crippen molar-refractivity contribution in [3.8, 4) is 0 Å². The Morgan fingerprint density at radius 1 is 1.17 bits per heavy atom. The zero-order valence-corrected chi connectivity index (χ0v) is 27.7. The van der Waals surface area contributed by atoms with Gasteiger partial charge < -0.3 is 32.4 Å². The van der Waals surface area contributed by atoms with Crippen LogP contribution in [0.3, 0.4) is 0 Å². The van der Waals surface area contributed by atoms with Crippen LogP contribution in [-0.2, 0) is 32.4 Å². The van der Waals surface area contributed by atoms with Crippen LogP contribution in [0.2, 0.25) is 18.1 Å². The highest BCUT2D eigenvalue weighted by Gasteiger charge is 2.59. The minimum Gasteiger partial charge on any atom is -0.414 e. The van der Waals surface area contributed by atoms with Gasteiger partial charge in [0.05, 0.1) is 12.7 Å². The van der Waals surface area contributed by atoms with Gasteiger partial charge in [-0.1, -0.05) is 20.8 Å². The first-order chi connectivity index (χ1) is 19.0. The molecule has 12 nitrogen and oxygen atoms in total. The zero-order valence-electron chi connectivity index (χ0n) is 25.8. The predicted octanol–water partition coefficient (Wildman–Crippen LogP) is 3.75. The number of hydrogen-bond donors (Lipinski definition) is 1. The van der Waals surface area contributed by atoms with Crippen molar-refractivity contribution in [3.63, 3.8) is 0 Å². The normalized spacial score (nSPS) is 35.7. The Labute approximate surface area is 244 Å². The van der Waals surface area contributed by atoms with Crippen LogP contribution in [0.25, 0.3) is 0 Å². The third kappa shape index (κ3) is 6.31. The van der Waals surface area contributed by atoms with E-state index in [1.807, 2.05) is 13.8 Å². The van der Waals surface area contributed by atoms with Gasteiger partial charge in [-0.25, -0.2) is 9.46 Å². The summed E-state index contributed by atoms with van der Waals surface area (Å²) in [6.45, 7) is 21.5. The smallest absolute Gasteiger partial charge is 0.330 e. The van der Waals surface area contributed by atoms with Gasteiger partial charge in [0.25, 0.3) is 14.1 Å². The second kappa shape index (κ2) is 11.2. The van der Waals surface area contributed by atoms with Gasteiger partial charge in [0.1, 0.15) is 30.6 Å². The number of aromatic amines is 1. The molecule has 4 saturated heterocycles. The summed E-state index contributed by atoms with van der Waals surface area (Å²) in [5, 5.41) is 0.0183.